The Morgan fingerprint density at radius 1 is 1.16 bits per heavy atom. The summed E-state index contributed by atoms with van der Waals surface area (Å²) < 4.78 is 2.09. The van der Waals surface area contributed by atoms with Crippen LogP contribution in [0.3, 0.4) is 0 Å². The molecule has 0 aliphatic heterocycles. The van der Waals surface area contributed by atoms with E-state index in [-0.39, 0.29) is 18.0 Å². The molecular formula is C22H22N4O5. The average Bonchev–Trinajstić information content (AvgIpc) is 3.12. The third kappa shape index (κ3) is 4.61. The number of carbonyl (C=O) groups excluding carboxylic acids is 1. The highest BCUT2D eigenvalue weighted by Gasteiger charge is 2.21. The van der Waals surface area contributed by atoms with E-state index < -0.39 is 27.1 Å². The number of benzene rings is 2. The first-order valence-electron chi connectivity index (χ1n) is 9.76. The lowest BCUT2D eigenvalue weighted by Crippen LogP contribution is -2.28. The van der Waals surface area contributed by atoms with Crippen molar-refractivity contribution >= 4 is 28.2 Å². The average molecular weight is 422 g/mol. The van der Waals surface area contributed by atoms with Crippen LogP contribution in [0.25, 0.3) is 10.9 Å². The van der Waals surface area contributed by atoms with Gasteiger partial charge in [0.25, 0.3) is 17.3 Å². The third-order valence-corrected chi connectivity index (χ3v) is 5.17. The van der Waals surface area contributed by atoms with Crippen LogP contribution in [0, 0.1) is 20.2 Å². The lowest BCUT2D eigenvalue weighted by molar-refractivity contribution is -0.394. The molecule has 1 atom stereocenters. The van der Waals surface area contributed by atoms with Gasteiger partial charge in [-0.3, -0.25) is 25.0 Å². The van der Waals surface area contributed by atoms with Crippen LogP contribution in [0.1, 0.15) is 35.2 Å². The number of fused-ring (bicyclic) bond motifs is 1. The van der Waals surface area contributed by atoms with Gasteiger partial charge < -0.3 is 9.88 Å². The Bertz CT molecular complexity index is 1140. The second kappa shape index (κ2) is 9.21. The summed E-state index contributed by atoms with van der Waals surface area (Å²) in [7, 11) is 0. The summed E-state index contributed by atoms with van der Waals surface area (Å²) in [5, 5.41) is 26.0. The molecule has 0 saturated heterocycles. The van der Waals surface area contributed by atoms with Crippen LogP contribution in [0.15, 0.2) is 61.3 Å². The maximum Gasteiger partial charge on any atom is 0.277 e. The molecule has 160 valence electrons. The van der Waals surface area contributed by atoms with Gasteiger partial charge in [-0.15, -0.1) is 6.58 Å². The number of nitro groups is 2. The van der Waals surface area contributed by atoms with Gasteiger partial charge in [0.15, 0.2) is 0 Å². The number of rotatable bonds is 9. The number of carbonyl (C=O) groups is 1. The first-order chi connectivity index (χ1) is 14.8. The number of non-ortho nitro benzene ring substituents is 2. The van der Waals surface area contributed by atoms with Crippen LogP contribution in [-0.2, 0) is 6.54 Å². The van der Waals surface area contributed by atoms with Gasteiger partial charge in [0.05, 0.1) is 21.5 Å². The Balaban J connectivity index is 1.86. The van der Waals surface area contributed by atoms with E-state index in [1.807, 2.05) is 43.5 Å². The van der Waals surface area contributed by atoms with Crippen molar-refractivity contribution in [3.8, 4) is 0 Å². The van der Waals surface area contributed by atoms with E-state index in [1.165, 1.54) is 0 Å². The van der Waals surface area contributed by atoms with E-state index >= 15 is 0 Å². The number of aromatic nitrogens is 1. The minimum absolute atomic E-state index is 0.00593. The van der Waals surface area contributed by atoms with Gasteiger partial charge in [0.2, 0.25) is 0 Å². The number of allylic oxidation sites excluding steroid dienone is 1. The van der Waals surface area contributed by atoms with Crippen molar-refractivity contribution in [1.82, 2.24) is 9.88 Å². The van der Waals surface area contributed by atoms with Gasteiger partial charge in [-0.1, -0.05) is 31.2 Å². The van der Waals surface area contributed by atoms with Crippen LogP contribution < -0.4 is 5.32 Å². The molecule has 0 radical (unpaired) electrons. The molecule has 0 unspecified atom stereocenters. The Hall–Kier alpha value is -4.01. The Kier molecular flexibility index (Phi) is 6.44. The van der Waals surface area contributed by atoms with Crippen molar-refractivity contribution in [3.05, 3.63) is 92.7 Å². The normalized spacial score (nSPS) is 11.8. The van der Waals surface area contributed by atoms with Crippen LogP contribution in [-0.4, -0.2) is 26.9 Å². The Morgan fingerprint density at radius 3 is 2.39 bits per heavy atom. The van der Waals surface area contributed by atoms with Gasteiger partial charge in [-0.05, 0) is 18.1 Å². The van der Waals surface area contributed by atoms with Gasteiger partial charge >= 0.3 is 0 Å². The maximum atomic E-state index is 12.6. The van der Waals surface area contributed by atoms with E-state index in [9.17, 15) is 25.0 Å². The number of hydrogen-bond donors (Lipinski definition) is 1. The van der Waals surface area contributed by atoms with Crippen LogP contribution in [0.5, 0.6) is 0 Å². The second-order valence-corrected chi connectivity index (χ2v) is 7.11. The molecule has 3 rings (SSSR count). The lowest BCUT2D eigenvalue weighted by atomic mass is 9.96. The number of amides is 1. The monoisotopic (exact) mass is 422 g/mol. The minimum atomic E-state index is -0.757. The zero-order chi connectivity index (χ0) is 22.5. The molecule has 9 nitrogen and oxygen atoms in total. The zero-order valence-corrected chi connectivity index (χ0v) is 17.0. The standard InChI is InChI=1S/C22H22N4O5/c1-3-9-24-14-20(19-7-5-6-8-21(19)24)15(4-2)13-23-22(27)16-10-17(25(28)29)12-18(11-16)26(30)31/h3,5-8,10-12,14-15H,1,4,9,13H2,2H3,(H,23,27)/t15-/m0/s1. The fourth-order valence-corrected chi connectivity index (χ4v) is 3.62. The van der Waals surface area contributed by atoms with Crippen LogP contribution in [0.2, 0.25) is 0 Å². The highest BCUT2D eigenvalue weighted by atomic mass is 16.6. The number of nitrogens with zero attached hydrogens (tertiary/aromatic N) is 3. The van der Waals surface area contributed by atoms with Crippen LogP contribution in [0.4, 0.5) is 11.4 Å². The molecule has 1 amide bonds. The molecule has 9 heteroatoms. The van der Waals surface area contributed by atoms with E-state index in [4.69, 9.17) is 0 Å². The molecule has 31 heavy (non-hydrogen) atoms. The summed E-state index contributed by atoms with van der Waals surface area (Å²) in [6, 6.07) is 10.9. The zero-order valence-electron chi connectivity index (χ0n) is 17.0. The summed E-state index contributed by atoms with van der Waals surface area (Å²) in [5.41, 5.74) is 1.02. The largest absolute Gasteiger partial charge is 0.351 e. The van der Waals surface area contributed by atoms with Crippen LogP contribution >= 0.6 is 0 Å². The summed E-state index contributed by atoms with van der Waals surface area (Å²) in [4.78, 5) is 33.3. The lowest BCUT2D eigenvalue weighted by Gasteiger charge is -2.15. The van der Waals surface area contributed by atoms with Gasteiger partial charge in [-0.2, -0.15) is 0 Å². The van der Waals surface area contributed by atoms with Gasteiger partial charge in [-0.25, -0.2) is 0 Å². The van der Waals surface area contributed by atoms with E-state index in [0.717, 1.165) is 41.1 Å². The highest BCUT2D eigenvalue weighted by molar-refractivity contribution is 5.95. The van der Waals surface area contributed by atoms with Crippen molar-refractivity contribution in [2.75, 3.05) is 6.54 Å². The smallest absolute Gasteiger partial charge is 0.277 e. The SMILES string of the molecule is C=CCn1cc([C@@H](CC)CNC(=O)c2cc([N+](=O)[O-])cc([N+](=O)[O-])c2)c2ccccc21. The molecule has 0 spiro atoms. The Morgan fingerprint density at radius 2 is 1.81 bits per heavy atom. The molecule has 2 aromatic carbocycles. The maximum absolute atomic E-state index is 12.6. The van der Waals surface area contributed by atoms with Crippen molar-refractivity contribution in [2.45, 2.75) is 25.8 Å². The fourth-order valence-electron chi connectivity index (χ4n) is 3.62. The third-order valence-electron chi connectivity index (χ3n) is 5.17. The molecular weight excluding hydrogens is 400 g/mol. The first-order valence-corrected chi connectivity index (χ1v) is 9.76. The van der Waals surface area contributed by atoms with Gasteiger partial charge in [0.1, 0.15) is 0 Å². The van der Waals surface area contributed by atoms with Gasteiger partial charge in [0, 0.05) is 48.2 Å². The molecule has 0 bridgehead atoms. The highest BCUT2D eigenvalue weighted by Crippen LogP contribution is 2.30. The summed E-state index contributed by atoms with van der Waals surface area (Å²) >= 11 is 0. The van der Waals surface area contributed by atoms with Crippen molar-refractivity contribution in [1.29, 1.82) is 0 Å². The Labute approximate surface area is 178 Å². The van der Waals surface area contributed by atoms with Crippen molar-refractivity contribution in [2.24, 2.45) is 0 Å². The van der Waals surface area contributed by atoms with Crippen molar-refractivity contribution in [3.63, 3.8) is 0 Å². The topological polar surface area (TPSA) is 120 Å². The molecule has 0 aliphatic carbocycles. The molecule has 0 saturated carbocycles. The summed E-state index contributed by atoms with van der Waals surface area (Å²) in [6.45, 7) is 6.74. The molecule has 3 aromatic rings. The first kappa shape index (κ1) is 21.7. The minimum Gasteiger partial charge on any atom is -0.351 e. The summed E-state index contributed by atoms with van der Waals surface area (Å²) in [6.07, 6.45) is 4.61. The van der Waals surface area contributed by atoms with Crippen molar-refractivity contribution < 1.29 is 14.6 Å². The molecule has 0 aliphatic rings. The number of para-hydroxylation sites is 1. The molecule has 1 aromatic heterocycles. The molecule has 0 fully saturated rings. The van der Waals surface area contributed by atoms with E-state index in [2.05, 4.69) is 16.5 Å². The second-order valence-electron chi connectivity index (χ2n) is 7.11. The number of nitro benzene ring substituents is 2. The molecule has 1 N–H and O–H groups in total. The van der Waals surface area contributed by atoms with E-state index in [0.29, 0.717) is 6.54 Å². The number of nitrogens with one attached hydrogen (secondary N) is 1. The predicted molar refractivity (Wildman–Crippen MR) is 117 cm³/mol. The quantitative estimate of drug-likeness (QED) is 0.308. The fraction of sp³-hybridized carbons (Fsp3) is 0.227. The summed E-state index contributed by atoms with van der Waals surface area (Å²) in [5.74, 6) is -0.603. The number of hydrogen-bond acceptors (Lipinski definition) is 5. The van der Waals surface area contributed by atoms with E-state index in [1.54, 1.807) is 0 Å². The predicted octanol–water partition coefficient (Wildman–Crippen LogP) is 4.57. The molecule has 1 heterocycles.